The molecule has 134 valence electrons. The van der Waals surface area contributed by atoms with E-state index in [9.17, 15) is 9.59 Å². The van der Waals surface area contributed by atoms with E-state index in [4.69, 9.17) is 25.5 Å². The molecule has 0 saturated carbocycles. The molecule has 6 nitrogen and oxygen atoms in total. The summed E-state index contributed by atoms with van der Waals surface area (Å²) in [5, 5.41) is 3.75. The maximum Gasteiger partial charge on any atom is 0.349 e. The van der Waals surface area contributed by atoms with Crippen molar-refractivity contribution in [2.45, 2.75) is 6.92 Å². The summed E-state index contributed by atoms with van der Waals surface area (Å²) in [6.45, 7) is 1.80. The van der Waals surface area contributed by atoms with Crippen LogP contribution < -0.4 is 20.4 Å². The number of anilines is 1. The Hall–Kier alpha value is -2.99. The molecule has 0 atom stereocenters. The first-order valence-electron chi connectivity index (χ1n) is 7.70. The molecule has 1 heterocycles. The highest BCUT2D eigenvalue weighted by Crippen LogP contribution is 2.31. The Bertz CT molecular complexity index is 1060. The van der Waals surface area contributed by atoms with Crippen LogP contribution in [0.5, 0.6) is 11.5 Å². The number of aryl methyl sites for hydroxylation is 1. The van der Waals surface area contributed by atoms with E-state index in [-0.39, 0.29) is 5.56 Å². The largest absolute Gasteiger partial charge is 0.497 e. The Kier molecular flexibility index (Phi) is 4.86. The number of benzene rings is 2. The third-order valence-electron chi connectivity index (χ3n) is 3.91. The number of hydrogen-bond acceptors (Lipinski definition) is 5. The van der Waals surface area contributed by atoms with Crippen LogP contribution in [0.3, 0.4) is 0 Å². The van der Waals surface area contributed by atoms with E-state index in [1.54, 1.807) is 37.3 Å². The van der Waals surface area contributed by atoms with Gasteiger partial charge in [-0.1, -0.05) is 11.6 Å². The van der Waals surface area contributed by atoms with Gasteiger partial charge in [0.25, 0.3) is 5.91 Å². The molecule has 1 aromatic heterocycles. The molecule has 1 amide bonds. The minimum atomic E-state index is -0.732. The Morgan fingerprint density at radius 1 is 1.12 bits per heavy atom. The molecule has 0 unspecified atom stereocenters. The molecule has 3 aromatic rings. The maximum absolute atomic E-state index is 12.6. The standard InChI is InChI=1S/C19H16ClNO5/c1-10-6-15(17(25-3)9-14(10)20)21-18(22)13-8-11-7-12(24-2)4-5-16(11)26-19(13)23/h4-9H,1-3H3,(H,21,22). The smallest absolute Gasteiger partial charge is 0.349 e. The molecule has 0 spiro atoms. The zero-order valence-electron chi connectivity index (χ0n) is 14.4. The second-order valence-electron chi connectivity index (χ2n) is 5.61. The molecule has 3 rings (SSSR count). The highest BCUT2D eigenvalue weighted by Gasteiger charge is 2.17. The van der Waals surface area contributed by atoms with Gasteiger partial charge >= 0.3 is 5.63 Å². The first-order valence-corrected chi connectivity index (χ1v) is 8.08. The number of ether oxygens (including phenoxy) is 2. The molecular weight excluding hydrogens is 358 g/mol. The van der Waals surface area contributed by atoms with Gasteiger partial charge in [0.2, 0.25) is 0 Å². The lowest BCUT2D eigenvalue weighted by molar-refractivity contribution is 0.102. The normalized spacial score (nSPS) is 10.6. The van der Waals surface area contributed by atoms with E-state index in [1.165, 1.54) is 20.3 Å². The van der Waals surface area contributed by atoms with Gasteiger partial charge in [-0.05, 0) is 42.8 Å². The maximum atomic E-state index is 12.6. The van der Waals surface area contributed by atoms with Crippen molar-refractivity contribution in [1.82, 2.24) is 0 Å². The fraction of sp³-hybridized carbons (Fsp3) is 0.158. The Morgan fingerprint density at radius 3 is 2.58 bits per heavy atom. The van der Waals surface area contributed by atoms with Crippen LogP contribution in [0.15, 0.2) is 45.6 Å². The van der Waals surface area contributed by atoms with E-state index >= 15 is 0 Å². The molecule has 0 fully saturated rings. The molecule has 2 aromatic carbocycles. The predicted molar refractivity (Wildman–Crippen MR) is 99.7 cm³/mol. The van der Waals surface area contributed by atoms with Crippen LogP contribution in [0.1, 0.15) is 15.9 Å². The van der Waals surface area contributed by atoms with Gasteiger partial charge in [0, 0.05) is 16.5 Å². The van der Waals surface area contributed by atoms with Gasteiger partial charge in [0.1, 0.15) is 22.6 Å². The van der Waals surface area contributed by atoms with Crippen LogP contribution >= 0.6 is 11.6 Å². The van der Waals surface area contributed by atoms with Gasteiger partial charge in [-0.15, -0.1) is 0 Å². The lowest BCUT2D eigenvalue weighted by Crippen LogP contribution is -2.21. The number of hydrogen-bond donors (Lipinski definition) is 1. The summed E-state index contributed by atoms with van der Waals surface area (Å²) in [5.74, 6) is 0.372. The Morgan fingerprint density at radius 2 is 1.88 bits per heavy atom. The lowest BCUT2D eigenvalue weighted by atomic mass is 10.1. The van der Waals surface area contributed by atoms with Crippen molar-refractivity contribution >= 4 is 34.2 Å². The third kappa shape index (κ3) is 3.36. The minimum Gasteiger partial charge on any atom is -0.497 e. The second-order valence-corrected chi connectivity index (χ2v) is 6.01. The summed E-state index contributed by atoms with van der Waals surface area (Å²) < 4.78 is 15.6. The molecule has 0 radical (unpaired) electrons. The summed E-state index contributed by atoms with van der Waals surface area (Å²) in [5.41, 5.74) is 0.681. The fourth-order valence-electron chi connectivity index (χ4n) is 2.51. The molecule has 1 N–H and O–H groups in total. The molecule has 0 aliphatic carbocycles. The molecular formula is C19H16ClNO5. The van der Waals surface area contributed by atoms with E-state index in [1.807, 2.05) is 0 Å². The number of halogens is 1. The number of carbonyl (C=O) groups is 1. The minimum absolute atomic E-state index is 0.125. The van der Waals surface area contributed by atoms with E-state index < -0.39 is 11.5 Å². The van der Waals surface area contributed by atoms with Crippen LogP contribution in [0.25, 0.3) is 11.0 Å². The highest BCUT2D eigenvalue weighted by molar-refractivity contribution is 6.31. The summed E-state index contributed by atoms with van der Waals surface area (Å²) in [6.07, 6.45) is 0. The van der Waals surface area contributed by atoms with Gasteiger partial charge in [-0.25, -0.2) is 4.79 Å². The SMILES string of the molecule is COc1ccc2oc(=O)c(C(=O)Nc3cc(C)c(Cl)cc3OC)cc2c1. The van der Waals surface area contributed by atoms with E-state index in [0.717, 1.165) is 5.56 Å². The van der Waals surface area contributed by atoms with Crippen molar-refractivity contribution < 1.29 is 18.7 Å². The van der Waals surface area contributed by atoms with E-state index in [0.29, 0.717) is 33.2 Å². The van der Waals surface area contributed by atoms with Crippen molar-refractivity contribution in [3.05, 3.63) is 63.0 Å². The van der Waals surface area contributed by atoms with Crippen LogP contribution in [0, 0.1) is 6.92 Å². The third-order valence-corrected chi connectivity index (χ3v) is 4.32. The first kappa shape index (κ1) is 17.8. The van der Waals surface area contributed by atoms with Crippen LogP contribution in [-0.2, 0) is 0 Å². The molecule has 7 heteroatoms. The lowest BCUT2D eigenvalue weighted by Gasteiger charge is -2.12. The summed E-state index contributed by atoms with van der Waals surface area (Å²) in [6, 6.07) is 9.70. The Balaban J connectivity index is 2.01. The van der Waals surface area contributed by atoms with Crippen molar-refractivity contribution in [2.75, 3.05) is 19.5 Å². The first-order chi connectivity index (χ1) is 12.4. The molecule has 0 bridgehead atoms. The van der Waals surface area contributed by atoms with Crippen molar-refractivity contribution in [2.24, 2.45) is 0 Å². The van der Waals surface area contributed by atoms with Crippen LogP contribution in [0.2, 0.25) is 5.02 Å². The monoisotopic (exact) mass is 373 g/mol. The molecule has 0 aliphatic heterocycles. The van der Waals surface area contributed by atoms with Gasteiger partial charge in [0.05, 0.1) is 19.9 Å². The molecule has 26 heavy (non-hydrogen) atoms. The van der Waals surface area contributed by atoms with Crippen molar-refractivity contribution in [3.63, 3.8) is 0 Å². The topological polar surface area (TPSA) is 77.8 Å². The molecule has 0 aliphatic rings. The number of fused-ring (bicyclic) bond motifs is 1. The quantitative estimate of drug-likeness (QED) is 0.699. The van der Waals surface area contributed by atoms with Gasteiger partial charge < -0.3 is 19.2 Å². The number of rotatable bonds is 4. The van der Waals surface area contributed by atoms with Gasteiger partial charge in [0.15, 0.2) is 0 Å². The average Bonchev–Trinajstić information content (AvgIpc) is 2.63. The van der Waals surface area contributed by atoms with Crippen LogP contribution in [0.4, 0.5) is 5.69 Å². The second kappa shape index (κ2) is 7.09. The van der Waals surface area contributed by atoms with Crippen molar-refractivity contribution in [1.29, 1.82) is 0 Å². The fourth-order valence-corrected chi connectivity index (χ4v) is 2.66. The molecule has 0 saturated heterocycles. The summed E-state index contributed by atoms with van der Waals surface area (Å²) in [7, 11) is 3.00. The predicted octanol–water partition coefficient (Wildman–Crippen LogP) is 4.02. The van der Waals surface area contributed by atoms with E-state index in [2.05, 4.69) is 5.32 Å². The number of amides is 1. The number of carbonyl (C=O) groups excluding carboxylic acids is 1. The van der Waals surface area contributed by atoms with Crippen molar-refractivity contribution in [3.8, 4) is 11.5 Å². The zero-order valence-corrected chi connectivity index (χ0v) is 15.1. The number of nitrogens with one attached hydrogen (secondary N) is 1. The number of methoxy groups -OCH3 is 2. The zero-order chi connectivity index (χ0) is 18.8. The summed E-state index contributed by atoms with van der Waals surface area (Å²) in [4.78, 5) is 24.8. The highest BCUT2D eigenvalue weighted by atomic mass is 35.5. The average molecular weight is 374 g/mol. The Labute approximate surface area is 154 Å². The summed E-state index contributed by atoms with van der Waals surface area (Å²) >= 11 is 6.07. The van der Waals surface area contributed by atoms with Crippen LogP contribution in [-0.4, -0.2) is 20.1 Å². The van der Waals surface area contributed by atoms with Gasteiger partial charge in [-0.3, -0.25) is 4.79 Å². The van der Waals surface area contributed by atoms with Gasteiger partial charge in [-0.2, -0.15) is 0 Å².